The molecule has 2 aromatic rings. The first kappa shape index (κ1) is 11.3. The lowest BCUT2D eigenvalue weighted by molar-refractivity contribution is 0.573. The van der Waals surface area contributed by atoms with Crippen LogP contribution in [0.15, 0.2) is 29.6 Å². The topological polar surface area (TPSA) is 12.9 Å². The molecule has 0 spiro atoms. The summed E-state index contributed by atoms with van der Waals surface area (Å²) in [6.45, 7) is 8.73. The van der Waals surface area contributed by atoms with Gasteiger partial charge in [0, 0.05) is 16.4 Å². The molecule has 1 aromatic heterocycles. The van der Waals surface area contributed by atoms with Gasteiger partial charge in [0.2, 0.25) is 0 Å². The number of rotatable bonds is 1. The third-order valence-corrected chi connectivity index (χ3v) is 3.52. The molecule has 0 radical (unpaired) electrons. The standard InChI is InChI=1S/C14H17NS/c1-10-7-5-6-8-11(10)13-15-12(9-16-13)14(2,3)4/h5-9H,1-4H3. The predicted molar refractivity (Wildman–Crippen MR) is 71.0 cm³/mol. The molecule has 0 saturated carbocycles. The summed E-state index contributed by atoms with van der Waals surface area (Å²) in [5, 5.41) is 3.30. The molecule has 0 saturated heterocycles. The van der Waals surface area contributed by atoms with Crippen LogP contribution >= 0.6 is 11.3 Å². The van der Waals surface area contributed by atoms with Gasteiger partial charge >= 0.3 is 0 Å². The minimum Gasteiger partial charge on any atom is -0.241 e. The molecule has 1 heterocycles. The van der Waals surface area contributed by atoms with Crippen molar-refractivity contribution in [3.8, 4) is 10.6 Å². The molecule has 2 heteroatoms. The average molecular weight is 231 g/mol. The van der Waals surface area contributed by atoms with Crippen LogP contribution in [0.2, 0.25) is 0 Å². The number of thiazole rings is 1. The van der Waals surface area contributed by atoms with Gasteiger partial charge in [0.1, 0.15) is 5.01 Å². The molecule has 0 aliphatic carbocycles. The average Bonchev–Trinajstić information content (AvgIpc) is 2.66. The second-order valence-corrected chi connectivity index (χ2v) is 5.96. The molecule has 0 N–H and O–H groups in total. The third kappa shape index (κ3) is 2.17. The number of hydrogen-bond acceptors (Lipinski definition) is 2. The Morgan fingerprint density at radius 1 is 1.12 bits per heavy atom. The first-order valence-corrected chi connectivity index (χ1v) is 6.38. The molecule has 0 unspecified atom stereocenters. The Morgan fingerprint density at radius 2 is 1.81 bits per heavy atom. The summed E-state index contributed by atoms with van der Waals surface area (Å²) < 4.78 is 0. The second kappa shape index (κ2) is 4.02. The van der Waals surface area contributed by atoms with Crippen LogP contribution in [-0.2, 0) is 5.41 Å². The molecule has 84 valence electrons. The Balaban J connectivity index is 2.44. The van der Waals surface area contributed by atoms with E-state index in [-0.39, 0.29) is 5.41 Å². The second-order valence-electron chi connectivity index (χ2n) is 5.10. The summed E-state index contributed by atoms with van der Waals surface area (Å²) in [6, 6.07) is 8.41. The molecule has 0 aliphatic heterocycles. The highest BCUT2D eigenvalue weighted by Crippen LogP contribution is 2.31. The van der Waals surface area contributed by atoms with E-state index in [0.29, 0.717) is 0 Å². The van der Waals surface area contributed by atoms with Crippen LogP contribution in [0.4, 0.5) is 0 Å². The third-order valence-electron chi connectivity index (χ3n) is 2.65. The lowest BCUT2D eigenvalue weighted by Gasteiger charge is -2.14. The molecule has 2 rings (SSSR count). The predicted octanol–water partition coefficient (Wildman–Crippen LogP) is 4.42. The van der Waals surface area contributed by atoms with Gasteiger partial charge in [-0.3, -0.25) is 0 Å². The summed E-state index contributed by atoms with van der Waals surface area (Å²) >= 11 is 1.73. The minimum atomic E-state index is 0.136. The van der Waals surface area contributed by atoms with Crippen LogP contribution in [0.1, 0.15) is 32.0 Å². The fourth-order valence-electron chi connectivity index (χ4n) is 1.55. The van der Waals surface area contributed by atoms with Crippen molar-refractivity contribution in [2.24, 2.45) is 0 Å². The Morgan fingerprint density at radius 3 is 2.38 bits per heavy atom. The van der Waals surface area contributed by atoms with Gasteiger partial charge < -0.3 is 0 Å². The molecule has 1 nitrogen and oxygen atoms in total. The molecule has 0 atom stereocenters. The number of aromatic nitrogens is 1. The van der Waals surface area contributed by atoms with E-state index in [0.717, 1.165) is 5.01 Å². The van der Waals surface area contributed by atoms with Gasteiger partial charge in [-0.25, -0.2) is 4.98 Å². The van der Waals surface area contributed by atoms with E-state index in [9.17, 15) is 0 Å². The summed E-state index contributed by atoms with van der Waals surface area (Å²) in [4.78, 5) is 4.73. The zero-order valence-corrected chi connectivity index (χ0v) is 11.1. The van der Waals surface area contributed by atoms with Gasteiger partial charge in [-0.1, -0.05) is 45.0 Å². The van der Waals surface area contributed by atoms with Gasteiger partial charge in [0.15, 0.2) is 0 Å². The van der Waals surface area contributed by atoms with Crippen molar-refractivity contribution in [3.05, 3.63) is 40.9 Å². The Bertz CT molecular complexity index is 491. The van der Waals surface area contributed by atoms with Crippen LogP contribution in [0.5, 0.6) is 0 Å². The highest BCUT2D eigenvalue weighted by molar-refractivity contribution is 7.13. The fraction of sp³-hybridized carbons (Fsp3) is 0.357. The van der Waals surface area contributed by atoms with E-state index < -0.39 is 0 Å². The Labute approximate surface area is 101 Å². The molecule has 1 aromatic carbocycles. The van der Waals surface area contributed by atoms with E-state index in [4.69, 9.17) is 4.98 Å². The van der Waals surface area contributed by atoms with Crippen molar-refractivity contribution in [3.63, 3.8) is 0 Å². The summed E-state index contributed by atoms with van der Waals surface area (Å²) in [5.74, 6) is 0. The zero-order valence-electron chi connectivity index (χ0n) is 10.2. The monoisotopic (exact) mass is 231 g/mol. The number of aryl methyl sites for hydroxylation is 1. The molecular weight excluding hydrogens is 214 g/mol. The summed E-state index contributed by atoms with van der Waals surface area (Å²) in [7, 11) is 0. The quantitative estimate of drug-likeness (QED) is 0.708. The number of benzene rings is 1. The summed E-state index contributed by atoms with van der Waals surface area (Å²) in [6.07, 6.45) is 0. The van der Waals surface area contributed by atoms with Gasteiger partial charge in [-0.15, -0.1) is 11.3 Å². The SMILES string of the molecule is Cc1ccccc1-c1nc(C(C)(C)C)cs1. The van der Waals surface area contributed by atoms with Gasteiger partial charge in [0.25, 0.3) is 0 Å². The van der Waals surface area contributed by atoms with Crippen molar-refractivity contribution < 1.29 is 0 Å². The highest BCUT2D eigenvalue weighted by atomic mass is 32.1. The number of nitrogens with zero attached hydrogens (tertiary/aromatic N) is 1. The Kier molecular flexibility index (Phi) is 2.85. The molecule has 0 amide bonds. The molecule has 0 fully saturated rings. The zero-order chi connectivity index (χ0) is 11.8. The molecule has 16 heavy (non-hydrogen) atoms. The lowest BCUT2D eigenvalue weighted by Crippen LogP contribution is -2.11. The lowest BCUT2D eigenvalue weighted by atomic mass is 9.93. The molecule has 0 aliphatic rings. The molecular formula is C14H17NS. The van der Waals surface area contributed by atoms with Gasteiger partial charge in [-0.05, 0) is 12.5 Å². The normalized spacial score (nSPS) is 11.8. The van der Waals surface area contributed by atoms with Crippen molar-refractivity contribution in [2.75, 3.05) is 0 Å². The van der Waals surface area contributed by atoms with Gasteiger partial charge in [-0.2, -0.15) is 0 Å². The first-order valence-electron chi connectivity index (χ1n) is 5.50. The van der Waals surface area contributed by atoms with Crippen molar-refractivity contribution in [2.45, 2.75) is 33.1 Å². The van der Waals surface area contributed by atoms with Crippen molar-refractivity contribution >= 4 is 11.3 Å². The van der Waals surface area contributed by atoms with Crippen LogP contribution in [0, 0.1) is 6.92 Å². The summed E-state index contributed by atoms with van der Waals surface area (Å²) in [5.41, 5.74) is 3.85. The highest BCUT2D eigenvalue weighted by Gasteiger charge is 2.18. The van der Waals surface area contributed by atoms with Crippen molar-refractivity contribution in [1.29, 1.82) is 0 Å². The maximum atomic E-state index is 4.73. The first-order chi connectivity index (χ1) is 7.48. The van der Waals surface area contributed by atoms with E-state index in [2.05, 4.69) is 57.3 Å². The maximum Gasteiger partial charge on any atom is 0.123 e. The van der Waals surface area contributed by atoms with Crippen LogP contribution < -0.4 is 0 Å². The fourth-order valence-corrected chi connectivity index (χ4v) is 2.69. The number of hydrogen-bond donors (Lipinski definition) is 0. The van der Waals surface area contributed by atoms with Crippen molar-refractivity contribution in [1.82, 2.24) is 4.98 Å². The Hall–Kier alpha value is -1.15. The van der Waals surface area contributed by atoms with E-state index in [1.807, 2.05) is 0 Å². The van der Waals surface area contributed by atoms with E-state index >= 15 is 0 Å². The van der Waals surface area contributed by atoms with Crippen LogP contribution in [0.3, 0.4) is 0 Å². The largest absolute Gasteiger partial charge is 0.241 e. The van der Waals surface area contributed by atoms with Crippen LogP contribution in [-0.4, -0.2) is 4.98 Å². The van der Waals surface area contributed by atoms with E-state index in [1.165, 1.54) is 16.8 Å². The minimum absolute atomic E-state index is 0.136. The maximum absolute atomic E-state index is 4.73. The van der Waals surface area contributed by atoms with Crippen LogP contribution in [0.25, 0.3) is 10.6 Å². The van der Waals surface area contributed by atoms with E-state index in [1.54, 1.807) is 11.3 Å². The molecule has 0 bridgehead atoms. The smallest absolute Gasteiger partial charge is 0.123 e. The van der Waals surface area contributed by atoms with Gasteiger partial charge in [0.05, 0.1) is 5.69 Å².